The molecular weight excluding hydrogens is 438 g/mol. The number of benzene rings is 1. The topological polar surface area (TPSA) is 126 Å². The molecule has 0 bridgehead atoms. The van der Waals surface area contributed by atoms with Crippen molar-refractivity contribution >= 4 is 38.3 Å². The average Bonchev–Trinajstić information content (AvgIpc) is 3.46. The van der Waals surface area contributed by atoms with Crippen molar-refractivity contribution in [3.05, 3.63) is 59.7 Å². The standard InChI is InChI=1S/C20H19N5O4S2/c1-29-15-5-4-14(17-18(15)25-19(24-17)16-3-2-12-30-16)20(26)22-10-11-23-31(27,28)13-6-8-21-9-7-13/h2-9,12,23H,10-11H2,1H3,(H,22,26)(H,24,25). The molecule has 0 aliphatic rings. The van der Waals surface area contributed by atoms with E-state index in [1.54, 1.807) is 19.2 Å². The number of thiophene rings is 1. The smallest absolute Gasteiger partial charge is 0.253 e. The van der Waals surface area contributed by atoms with Crippen LogP contribution in [-0.4, -0.2) is 49.5 Å². The number of amides is 1. The second-order valence-electron chi connectivity index (χ2n) is 6.44. The van der Waals surface area contributed by atoms with Crippen molar-refractivity contribution in [1.29, 1.82) is 0 Å². The second kappa shape index (κ2) is 8.84. The fourth-order valence-electron chi connectivity index (χ4n) is 3.01. The number of H-pyrrole nitrogens is 1. The molecule has 3 heterocycles. The van der Waals surface area contributed by atoms with Gasteiger partial charge in [0.05, 0.1) is 22.4 Å². The largest absolute Gasteiger partial charge is 0.494 e. The van der Waals surface area contributed by atoms with E-state index in [0.717, 1.165) is 4.88 Å². The summed E-state index contributed by atoms with van der Waals surface area (Å²) in [6.07, 6.45) is 2.80. The molecule has 0 unspecified atom stereocenters. The monoisotopic (exact) mass is 457 g/mol. The molecule has 0 saturated heterocycles. The number of ether oxygens (including phenoxy) is 1. The zero-order valence-corrected chi connectivity index (χ0v) is 18.1. The van der Waals surface area contributed by atoms with Crippen LogP contribution in [0.2, 0.25) is 0 Å². The summed E-state index contributed by atoms with van der Waals surface area (Å²) in [5.41, 5.74) is 1.47. The molecule has 0 aliphatic heterocycles. The van der Waals surface area contributed by atoms with Crippen LogP contribution in [0, 0.1) is 0 Å². The molecule has 4 aromatic rings. The fourth-order valence-corrected chi connectivity index (χ4v) is 4.70. The first-order valence-corrected chi connectivity index (χ1v) is 11.6. The zero-order valence-electron chi connectivity index (χ0n) is 16.5. The SMILES string of the molecule is COc1ccc(C(=O)NCCNS(=O)(=O)c2ccncc2)c2nc(-c3cccs3)[nH]c12. The molecule has 160 valence electrons. The number of aromatic nitrogens is 3. The summed E-state index contributed by atoms with van der Waals surface area (Å²) in [7, 11) is -2.11. The second-order valence-corrected chi connectivity index (χ2v) is 9.15. The Balaban J connectivity index is 1.48. The van der Waals surface area contributed by atoms with E-state index in [4.69, 9.17) is 4.74 Å². The normalized spacial score (nSPS) is 11.5. The van der Waals surface area contributed by atoms with Gasteiger partial charge in [-0.1, -0.05) is 6.07 Å². The maximum Gasteiger partial charge on any atom is 0.253 e. The molecule has 1 aromatic carbocycles. The number of nitrogens with one attached hydrogen (secondary N) is 3. The molecule has 31 heavy (non-hydrogen) atoms. The highest BCUT2D eigenvalue weighted by Gasteiger charge is 2.18. The van der Waals surface area contributed by atoms with Crippen molar-refractivity contribution < 1.29 is 17.9 Å². The van der Waals surface area contributed by atoms with E-state index in [2.05, 4.69) is 25.0 Å². The Hall–Kier alpha value is -3.28. The molecule has 0 radical (unpaired) electrons. The molecule has 4 rings (SSSR count). The number of sulfonamides is 1. The van der Waals surface area contributed by atoms with Crippen molar-refractivity contribution in [3.63, 3.8) is 0 Å². The van der Waals surface area contributed by atoms with Crippen LogP contribution in [-0.2, 0) is 10.0 Å². The third-order valence-corrected chi connectivity index (χ3v) is 6.84. The lowest BCUT2D eigenvalue weighted by Crippen LogP contribution is -2.34. The van der Waals surface area contributed by atoms with Crippen LogP contribution in [0.3, 0.4) is 0 Å². The molecule has 0 spiro atoms. The maximum atomic E-state index is 12.8. The van der Waals surface area contributed by atoms with Gasteiger partial charge >= 0.3 is 0 Å². The van der Waals surface area contributed by atoms with E-state index in [0.29, 0.717) is 28.2 Å². The summed E-state index contributed by atoms with van der Waals surface area (Å²) in [5, 5.41) is 4.67. The fraction of sp³-hybridized carbons (Fsp3) is 0.150. The lowest BCUT2D eigenvalue weighted by atomic mass is 10.1. The van der Waals surface area contributed by atoms with Crippen LogP contribution in [0.1, 0.15) is 10.4 Å². The molecule has 0 saturated carbocycles. The quantitative estimate of drug-likeness (QED) is 0.349. The minimum atomic E-state index is -3.66. The van der Waals surface area contributed by atoms with Gasteiger partial charge in [0, 0.05) is 25.5 Å². The van der Waals surface area contributed by atoms with Gasteiger partial charge in [-0.15, -0.1) is 11.3 Å². The number of methoxy groups -OCH3 is 1. The number of fused-ring (bicyclic) bond motifs is 1. The summed E-state index contributed by atoms with van der Waals surface area (Å²) >= 11 is 1.53. The maximum absolute atomic E-state index is 12.8. The first kappa shape index (κ1) is 21.0. The van der Waals surface area contributed by atoms with Gasteiger partial charge in [0.25, 0.3) is 5.91 Å². The number of aromatic amines is 1. The molecule has 1 amide bonds. The molecular formula is C20H19N5O4S2. The Morgan fingerprint density at radius 3 is 2.68 bits per heavy atom. The van der Waals surface area contributed by atoms with Crippen LogP contribution in [0.15, 0.2) is 59.1 Å². The Morgan fingerprint density at radius 1 is 1.16 bits per heavy atom. The first-order valence-electron chi connectivity index (χ1n) is 9.28. The average molecular weight is 458 g/mol. The first-order chi connectivity index (χ1) is 15.0. The summed E-state index contributed by atoms with van der Waals surface area (Å²) < 4.78 is 32.3. The lowest BCUT2D eigenvalue weighted by Gasteiger charge is -2.09. The predicted octanol–water partition coefficient (Wildman–Crippen LogP) is 2.40. The minimum Gasteiger partial charge on any atom is -0.494 e. The summed E-state index contributed by atoms with van der Waals surface area (Å²) in [6, 6.07) is 9.99. The van der Waals surface area contributed by atoms with Crippen molar-refractivity contribution in [1.82, 2.24) is 25.0 Å². The van der Waals surface area contributed by atoms with E-state index in [-0.39, 0.29) is 23.9 Å². The van der Waals surface area contributed by atoms with E-state index >= 15 is 0 Å². The van der Waals surface area contributed by atoms with Gasteiger partial charge in [0.2, 0.25) is 10.0 Å². The molecule has 11 heteroatoms. The lowest BCUT2D eigenvalue weighted by molar-refractivity contribution is 0.0956. The van der Waals surface area contributed by atoms with Gasteiger partial charge in [0.1, 0.15) is 22.6 Å². The number of imidazole rings is 1. The van der Waals surface area contributed by atoms with E-state index in [1.807, 2.05) is 17.5 Å². The van der Waals surface area contributed by atoms with Gasteiger partial charge in [0.15, 0.2) is 0 Å². The number of hydrogen-bond donors (Lipinski definition) is 3. The van der Waals surface area contributed by atoms with Gasteiger partial charge in [-0.05, 0) is 35.7 Å². The summed E-state index contributed by atoms with van der Waals surface area (Å²) in [4.78, 5) is 25.4. The van der Waals surface area contributed by atoms with Crippen LogP contribution in [0.4, 0.5) is 0 Å². The third-order valence-electron chi connectivity index (χ3n) is 4.49. The molecule has 3 aromatic heterocycles. The van der Waals surface area contributed by atoms with Crippen LogP contribution < -0.4 is 14.8 Å². The van der Waals surface area contributed by atoms with E-state index in [1.165, 1.54) is 35.9 Å². The molecule has 0 atom stereocenters. The summed E-state index contributed by atoms with van der Waals surface area (Å²) in [6.45, 7) is 0.148. The Labute approximate surface area is 182 Å². The van der Waals surface area contributed by atoms with Crippen LogP contribution in [0.25, 0.3) is 21.7 Å². The number of pyridine rings is 1. The Kier molecular flexibility index (Phi) is 5.98. The summed E-state index contributed by atoms with van der Waals surface area (Å²) in [5.74, 6) is 0.862. The molecule has 3 N–H and O–H groups in total. The van der Waals surface area contributed by atoms with Crippen LogP contribution in [0.5, 0.6) is 5.75 Å². The van der Waals surface area contributed by atoms with Crippen molar-refractivity contribution in [2.75, 3.05) is 20.2 Å². The van der Waals surface area contributed by atoms with Crippen molar-refractivity contribution in [2.45, 2.75) is 4.90 Å². The van der Waals surface area contributed by atoms with Crippen LogP contribution >= 0.6 is 11.3 Å². The van der Waals surface area contributed by atoms with Gasteiger partial charge in [-0.2, -0.15) is 0 Å². The number of nitrogens with zero attached hydrogens (tertiary/aromatic N) is 2. The number of rotatable bonds is 8. The van der Waals surface area contributed by atoms with Gasteiger partial charge < -0.3 is 15.0 Å². The van der Waals surface area contributed by atoms with Crippen molar-refractivity contribution in [3.8, 4) is 16.5 Å². The molecule has 0 fully saturated rings. The zero-order chi connectivity index (χ0) is 21.8. The third kappa shape index (κ3) is 4.43. The van der Waals surface area contributed by atoms with E-state index in [9.17, 15) is 13.2 Å². The number of carbonyl (C=O) groups is 1. The highest BCUT2D eigenvalue weighted by Crippen LogP contribution is 2.31. The highest BCUT2D eigenvalue weighted by molar-refractivity contribution is 7.89. The molecule has 0 aliphatic carbocycles. The van der Waals surface area contributed by atoms with Crippen molar-refractivity contribution in [2.24, 2.45) is 0 Å². The molecule has 9 nitrogen and oxygen atoms in total. The number of hydrogen-bond acceptors (Lipinski definition) is 7. The van der Waals surface area contributed by atoms with Gasteiger partial charge in [-0.3, -0.25) is 9.78 Å². The van der Waals surface area contributed by atoms with Gasteiger partial charge in [-0.25, -0.2) is 18.1 Å². The van der Waals surface area contributed by atoms with E-state index < -0.39 is 10.0 Å². The Morgan fingerprint density at radius 2 is 1.97 bits per heavy atom. The number of carbonyl (C=O) groups excluding carboxylic acids is 1. The highest BCUT2D eigenvalue weighted by atomic mass is 32.2. The minimum absolute atomic E-state index is 0.0384. The Bertz CT molecular complexity index is 1300. The predicted molar refractivity (Wildman–Crippen MR) is 118 cm³/mol.